The SMILES string of the molecule is CC(C)CC(C)(C)C1CCCC1(C)C. The topological polar surface area (TPSA) is 0 Å². The van der Waals surface area contributed by atoms with E-state index >= 15 is 0 Å². The fourth-order valence-corrected chi connectivity index (χ4v) is 3.97. The Morgan fingerprint density at radius 2 is 1.86 bits per heavy atom. The van der Waals surface area contributed by atoms with Crippen LogP contribution in [0.3, 0.4) is 0 Å². The molecule has 0 aliphatic heterocycles. The van der Waals surface area contributed by atoms with Gasteiger partial charge in [0.05, 0.1) is 0 Å². The molecule has 0 aromatic carbocycles. The quantitative estimate of drug-likeness (QED) is 0.603. The molecule has 0 saturated heterocycles. The maximum absolute atomic E-state index is 2.48. The zero-order valence-electron chi connectivity index (χ0n) is 11.0. The molecule has 14 heavy (non-hydrogen) atoms. The van der Waals surface area contributed by atoms with Crippen LogP contribution in [0.25, 0.3) is 0 Å². The molecule has 0 aromatic rings. The van der Waals surface area contributed by atoms with E-state index in [1.54, 1.807) is 0 Å². The van der Waals surface area contributed by atoms with Gasteiger partial charge in [-0.05, 0) is 41.9 Å². The average Bonchev–Trinajstić information content (AvgIpc) is 2.26. The van der Waals surface area contributed by atoms with Gasteiger partial charge >= 0.3 is 0 Å². The van der Waals surface area contributed by atoms with E-state index in [0.717, 1.165) is 11.8 Å². The van der Waals surface area contributed by atoms with Gasteiger partial charge in [0.25, 0.3) is 0 Å². The number of rotatable bonds is 3. The first-order chi connectivity index (χ1) is 6.26. The van der Waals surface area contributed by atoms with Crippen LogP contribution >= 0.6 is 0 Å². The van der Waals surface area contributed by atoms with Crippen LogP contribution in [0.5, 0.6) is 0 Å². The third-order valence-corrected chi connectivity index (χ3v) is 4.13. The highest BCUT2D eigenvalue weighted by Crippen LogP contribution is 2.53. The van der Waals surface area contributed by atoms with Gasteiger partial charge in [-0.2, -0.15) is 0 Å². The van der Waals surface area contributed by atoms with Crippen molar-refractivity contribution in [2.24, 2.45) is 22.7 Å². The first-order valence-corrected chi connectivity index (χ1v) is 6.26. The summed E-state index contributed by atoms with van der Waals surface area (Å²) in [5.74, 6) is 1.76. The van der Waals surface area contributed by atoms with Crippen LogP contribution < -0.4 is 0 Å². The summed E-state index contributed by atoms with van der Waals surface area (Å²) in [6, 6.07) is 0. The van der Waals surface area contributed by atoms with Crippen molar-refractivity contribution in [3.63, 3.8) is 0 Å². The van der Waals surface area contributed by atoms with Crippen LogP contribution in [0.1, 0.15) is 67.2 Å². The van der Waals surface area contributed by atoms with Gasteiger partial charge in [0, 0.05) is 0 Å². The van der Waals surface area contributed by atoms with Crippen LogP contribution in [0.4, 0.5) is 0 Å². The Kier molecular flexibility index (Phi) is 3.33. The first-order valence-electron chi connectivity index (χ1n) is 6.26. The molecule has 1 rings (SSSR count). The van der Waals surface area contributed by atoms with Crippen molar-refractivity contribution in [3.8, 4) is 0 Å². The molecular formula is C14H28. The van der Waals surface area contributed by atoms with Gasteiger partial charge in [0.15, 0.2) is 0 Å². The standard InChI is InChI=1S/C14H28/c1-11(2)10-14(5,6)12-8-7-9-13(12,3)4/h11-12H,7-10H2,1-6H3. The van der Waals surface area contributed by atoms with Gasteiger partial charge in [-0.25, -0.2) is 0 Å². The molecule has 84 valence electrons. The van der Waals surface area contributed by atoms with E-state index in [1.165, 1.54) is 25.7 Å². The van der Waals surface area contributed by atoms with E-state index in [4.69, 9.17) is 0 Å². The lowest BCUT2D eigenvalue weighted by molar-refractivity contribution is 0.0823. The van der Waals surface area contributed by atoms with E-state index in [1.807, 2.05) is 0 Å². The summed E-state index contributed by atoms with van der Waals surface area (Å²) >= 11 is 0. The Morgan fingerprint density at radius 1 is 1.29 bits per heavy atom. The Balaban J connectivity index is 2.71. The molecule has 0 spiro atoms. The Bertz CT molecular complexity index is 186. The Hall–Kier alpha value is 0. The minimum Gasteiger partial charge on any atom is -0.0628 e. The van der Waals surface area contributed by atoms with Gasteiger partial charge in [-0.15, -0.1) is 0 Å². The lowest BCUT2D eigenvalue weighted by atomic mass is 9.64. The van der Waals surface area contributed by atoms with E-state index in [-0.39, 0.29) is 0 Å². The molecule has 0 nitrogen and oxygen atoms in total. The molecule has 1 fully saturated rings. The second-order valence-corrected chi connectivity index (χ2v) is 7.02. The highest BCUT2D eigenvalue weighted by Gasteiger charge is 2.43. The summed E-state index contributed by atoms with van der Waals surface area (Å²) in [4.78, 5) is 0. The predicted molar refractivity (Wildman–Crippen MR) is 64.4 cm³/mol. The summed E-state index contributed by atoms with van der Waals surface area (Å²) in [7, 11) is 0. The lowest BCUT2D eigenvalue weighted by Gasteiger charge is -2.41. The van der Waals surface area contributed by atoms with Crippen LogP contribution in [-0.2, 0) is 0 Å². The highest BCUT2D eigenvalue weighted by molar-refractivity contribution is 4.93. The third kappa shape index (κ3) is 2.52. The van der Waals surface area contributed by atoms with Crippen LogP contribution in [0.15, 0.2) is 0 Å². The van der Waals surface area contributed by atoms with Crippen molar-refractivity contribution >= 4 is 0 Å². The smallest absolute Gasteiger partial charge is 0.0311 e. The summed E-state index contributed by atoms with van der Waals surface area (Å²) in [5.41, 5.74) is 1.12. The second-order valence-electron chi connectivity index (χ2n) is 7.02. The molecule has 0 heterocycles. The Labute approximate surface area is 90.5 Å². The molecule has 0 amide bonds. The van der Waals surface area contributed by atoms with Crippen molar-refractivity contribution in [2.45, 2.75) is 67.2 Å². The summed E-state index contributed by atoms with van der Waals surface area (Å²) in [5, 5.41) is 0. The van der Waals surface area contributed by atoms with Gasteiger partial charge in [0.2, 0.25) is 0 Å². The molecule has 0 aromatic heterocycles. The molecule has 0 bridgehead atoms. The van der Waals surface area contributed by atoms with Gasteiger partial charge in [-0.3, -0.25) is 0 Å². The van der Waals surface area contributed by atoms with Crippen LogP contribution in [-0.4, -0.2) is 0 Å². The minimum atomic E-state index is 0.536. The summed E-state index contributed by atoms with van der Waals surface area (Å²) < 4.78 is 0. The first kappa shape index (κ1) is 12.1. The van der Waals surface area contributed by atoms with Crippen LogP contribution in [0, 0.1) is 22.7 Å². The van der Waals surface area contributed by atoms with E-state index < -0.39 is 0 Å². The molecule has 1 saturated carbocycles. The van der Waals surface area contributed by atoms with Gasteiger partial charge in [-0.1, -0.05) is 48.0 Å². The zero-order chi connectivity index (χ0) is 11.0. The molecule has 1 aliphatic rings. The molecule has 1 atom stereocenters. The van der Waals surface area contributed by atoms with Crippen molar-refractivity contribution in [1.82, 2.24) is 0 Å². The van der Waals surface area contributed by atoms with Crippen molar-refractivity contribution < 1.29 is 0 Å². The largest absolute Gasteiger partial charge is 0.0628 e. The number of hydrogen-bond donors (Lipinski definition) is 0. The van der Waals surface area contributed by atoms with Gasteiger partial charge in [0.1, 0.15) is 0 Å². The van der Waals surface area contributed by atoms with Gasteiger partial charge < -0.3 is 0 Å². The predicted octanol–water partition coefficient (Wildman–Crippen LogP) is 4.89. The monoisotopic (exact) mass is 196 g/mol. The lowest BCUT2D eigenvalue weighted by Crippen LogP contribution is -2.33. The molecule has 0 radical (unpaired) electrons. The highest BCUT2D eigenvalue weighted by atomic mass is 14.5. The molecule has 1 unspecified atom stereocenters. The molecule has 1 aliphatic carbocycles. The minimum absolute atomic E-state index is 0.536. The maximum atomic E-state index is 2.48. The van der Waals surface area contributed by atoms with Crippen LogP contribution in [0.2, 0.25) is 0 Å². The van der Waals surface area contributed by atoms with E-state index in [9.17, 15) is 0 Å². The summed E-state index contributed by atoms with van der Waals surface area (Å²) in [6.45, 7) is 14.6. The zero-order valence-corrected chi connectivity index (χ0v) is 11.0. The van der Waals surface area contributed by atoms with E-state index in [2.05, 4.69) is 41.5 Å². The second kappa shape index (κ2) is 3.87. The Morgan fingerprint density at radius 3 is 2.21 bits per heavy atom. The fourth-order valence-electron chi connectivity index (χ4n) is 3.97. The fraction of sp³-hybridized carbons (Fsp3) is 1.00. The average molecular weight is 196 g/mol. The summed E-state index contributed by atoms with van der Waals surface area (Å²) in [6.07, 6.45) is 5.70. The normalized spacial score (nSPS) is 27.2. The third-order valence-electron chi connectivity index (χ3n) is 4.13. The van der Waals surface area contributed by atoms with Crippen molar-refractivity contribution in [1.29, 1.82) is 0 Å². The molecule has 0 heteroatoms. The molecule has 0 N–H and O–H groups in total. The number of hydrogen-bond acceptors (Lipinski definition) is 0. The van der Waals surface area contributed by atoms with Crippen molar-refractivity contribution in [2.75, 3.05) is 0 Å². The maximum Gasteiger partial charge on any atom is -0.0311 e. The van der Waals surface area contributed by atoms with Crippen molar-refractivity contribution in [3.05, 3.63) is 0 Å². The van der Waals surface area contributed by atoms with E-state index in [0.29, 0.717) is 10.8 Å². The molecular weight excluding hydrogens is 168 g/mol.